The second-order valence-corrected chi connectivity index (χ2v) is 4.23. The van der Waals surface area contributed by atoms with Gasteiger partial charge in [0, 0.05) is 17.2 Å². The average molecular weight is 219 g/mol. The topological polar surface area (TPSA) is 42.0 Å². The predicted molar refractivity (Wildman–Crippen MR) is 55.6 cm³/mol. The Morgan fingerprint density at radius 1 is 1.62 bits per heavy atom. The van der Waals surface area contributed by atoms with E-state index in [1.807, 2.05) is 13.8 Å². The molecule has 1 amide bonds. The number of aryl methyl sites for hydroxylation is 2. The normalized spacial score (nSPS) is 10.1. The van der Waals surface area contributed by atoms with Crippen molar-refractivity contribution in [1.82, 2.24) is 4.98 Å². The van der Waals surface area contributed by atoms with Crippen molar-refractivity contribution in [1.29, 1.82) is 0 Å². The zero-order valence-corrected chi connectivity index (χ0v) is 9.13. The van der Waals surface area contributed by atoms with Gasteiger partial charge >= 0.3 is 0 Å². The van der Waals surface area contributed by atoms with Gasteiger partial charge in [0.15, 0.2) is 5.13 Å². The summed E-state index contributed by atoms with van der Waals surface area (Å²) < 4.78 is 0. The Balaban J connectivity index is 2.59. The van der Waals surface area contributed by atoms with Gasteiger partial charge in [0.05, 0.1) is 5.69 Å². The maximum atomic E-state index is 11.1. The third-order valence-corrected chi connectivity index (χ3v) is 2.77. The molecule has 1 N–H and O–H groups in total. The molecule has 1 aromatic heterocycles. The Morgan fingerprint density at radius 3 is 2.77 bits per heavy atom. The number of carbonyl (C=O) groups excluding carboxylic acids is 1. The third kappa shape index (κ3) is 2.97. The lowest BCUT2D eigenvalue weighted by atomic mass is 10.4. The van der Waals surface area contributed by atoms with E-state index in [-0.39, 0.29) is 5.91 Å². The van der Waals surface area contributed by atoms with E-state index < -0.39 is 0 Å². The molecule has 0 unspecified atom stereocenters. The van der Waals surface area contributed by atoms with Gasteiger partial charge in [-0.25, -0.2) is 4.98 Å². The largest absolute Gasteiger partial charge is 0.302 e. The van der Waals surface area contributed by atoms with Gasteiger partial charge in [-0.3, -0.25) is 4.79 Å². The number of nitrogens with one attached hydrogen (secondary N) is 1. The zero-order chi connectivity index (χ0) is 9.84. The number of amides is 1. The van der Waals surface area contributed by atoms with Gasteiger partial charge in [-0.15, -0.1) is 22.9 Å². The van der Waals surface area contributed by atoms with Crippen molar-refractivity contribution in [2.75, 3.05) is 11.2 Å². The van der Waals surface area contributed by atoms with E-state index in [1.54, 1.807) is 0 Å². The predicted octanol–water partition coefficient (Wildman–Crippen LogP) is 2.33. The van der Waals surface area contributed by atoms with Crippen molar-refractivity contribution in [3.8, 4) is 0 Å². The minimum Gasteiger partial charge on any atom is -0.302 e. The van der Waals surface area contributed by atoms with E-state index in [4.69, 9.17) is 11.6 Å². The molecule has 13 heavy (non-hydrogen) atoms. The number of alkyl halides is 1. The lowest BCUT2D eigenvalue weighted by molar-refractivity contribution is -0.115. The molecule has 0 fully saturated rings. The van der Waals surface area contributed by atoms with E-state index >= 15 is 0 Å². The van der Waals surface area contributed by atoms with Crippen LogP contribution in [0.2, 0.25) is 0 Å². The summed E-state index contributed by atoms with van der Waals surface area (Å²) in [4.78, 5) is 16.4. The summed E-state index contributed by atoms with van der Waals surface area (Å²) in [5.41, 5.74) is 0.964. The molecule has 0 aromatic carbocycles. The fourth-order valence-corrected chi connectivity index (χ4v) is 1.80. The average Bonchev–Trinajstić information content (AvgIpc) is 2.31. The minimum absolute atomic E-state index is 0.0799. The van der Waals surface area contributed by atoms with Crippen LogP contribution in [0.3, 0.4) is 0 Å². The fourth-order valence-electron chi connectivity index (χ4n) is 0.794. The number of halogens is 1. The first kappa shape index (κ1) is 10.5. The van der Waals surface area contributed by atoms with Crippen LogP contribution in [0, 0.1) is 13.8 Å². The SMILES string of the molecule is Cc1nc(NC(=O)CCCl)sc1C. The molecule has 0 atom stereocenters. The van der Waals surface area contributed by atoms with E-state index in [9.17, 15) is 4.79 Å². The summed E-state index contributed by atoms with van der Waals surface area (Å²) in [5, 5.41) is 3.35. The summed E-state index contributed by atoms with van der Waals surface area (Å²) in [5.74, 6) is 0.263. The molecule has 0 saturated carbocycles. The minimum atomic E-state index is -0.0799. The van der Waals surface area contributed by atoms with E-state index in [1.165, 1.54) is 11.3 Å². The number of aromatic nitrogens is 1. The van der Waals surface area contributed by atoms with E-state index in [0.29, 0.717) is 17.4 Å². The van der Waals surface area contributed by atoms with Crippen molar-refractivity contribution >= 4 is 34.0 Å². The quantitative estimate of drug-likeness (QED) is 0.792. The Morgan fingerprint density at radius 2 is 2.31 bits per heavy atom. The van der Waals surface area contributed by atoms with Gasteiger partial charge in [-0.2, -0.15) is 0 Å². The van der Waals surface area contributed by atoms with E-state index in [0.717, 1.165) is 10.6 Å². The zero-order valence-electron chi connectivity index (χ0n) is 7.56. The maximum Gasteiger partial charge on any atom is 0.227 e. The first-order chi connectivity index (χ1) is 6.13. The van der Waals surface area contributed by atoms with Crippen LogP contribution in [0.25, 0.3) is 0 Å². The number of nitrogens with zero attached hydrogens (tertiary/aromatic N) is 1. The Hall–Kier alpha value is -0.610. The standard InChI is InChI=1S/C8H11ClN2OS/c1-5-6(2)13-8(10-5)11-7(12)3-4-9/h3-4H2,1-2H3,(H,10,11,12). The van der Waals surface area contributed by atoms with Gasteiger partial charge in [0.1, 0.15) is 0 Å². The van der Waals surface area contributed by atoms with Crippen LogP contribution in [0.5, 0.6) is 0 Å². The van der Waals surface area contributed by atoms with Gasteiger partial charge in [-0.05, 0) is 13.8 Å². The molecule has 1 rings (SSSR count). The summed E-state index contributed by atoms with van der Waals surface area (Å²) in [7, 11) is 0. The lowest BCUT2D eigenvalue weighted by Crippen LogP contribution is -2.11. The molecule has 5 heteroatoms. The van der Waals surface area contributed by atoms with Crippen LogP contribution >= 0.6 is 22.9 Å². The number of rotatable bonds is 3. The number of anilines is 1. The van der Waals surface area contributed by atoms with Crippen LogP contribution in [0.15, 0.2) is 0 Å². The van der Waals surface area contributed by atoms with Crippen LogP contribution < -0.4 is 5.32 Å². The number of carbonyl (C=O) groups is 1. The van der Waals surface area contributed by atoms with Gasteiger partial charge < -0.3 is 5.32 Å². The Bertz CT molecular complexity index is 292. The van der Waals surface area contributed by atoms with Gasteiger partial charge in [0.2, 0.25) is 5.91 Å². The third-order valence-electron chi connectivity index (χ3n) is 1.60. The second-order valence-electron chi connectivity index (χ2n) is 2.65. The van der Waals surface area contributed by atoms with Crippen LogP contribution in [0.4, 0.5) is 5.13 Å². The summed E-state index contributed by atoms with van der Waals surface area (Å²) in [6.45, 7) is 3.90. The maximum absolute atomic E-state index is 11.1. The number of thiazole rings is 1. The van der Waals surface area contributed by atoms with Crippen molar-refractivity contribution in [2.45, 2.75) is 20.3 Å². The van der Waals surface area contributed by atoms with Crippen LogP contribution in [-0.2, 0) is 4.79 Å². The van der Waals surface area contributed by atoms with Crippen molar-refractivity contribution in [3.63, 3.8) is 0 Å². The van der Waals surface area contributed by atoms with E-state index in [2.05, 4.69) is 10.3 Å². The van der Waals surface area contributed by atoms with Crippen molar-refractivity contribution in [2.24, 2.45) is 0 Å². The van der Waals surface area contributed by atoms with Crippen molar-refractivity contribution < 1.29 is 4.79 Å². The highest BCUT2D eigenvalue weighted by Crippen LogP contribution is 2.20. The molecule has 72 valence electrons. The summed E-state index contributed by atoms with van der Waals surface area (Å²) in [6, 6.07) is 0. The van der Waals surface area contributed by atoms with Crippen molar-refractivity contribution in [3.05, 3.63) is 10.6 Å². The second kappa shape index (κ2) is 4.58. The summed E-state index contributed by atoms with van der Waals surface area (Å²) in [6.07, 6.45) is 0.333. The first-order valence-electron chi connectivity index (χ1n) is 3.93. The molecule has 1 aromatic rings. The Labute approximate surface area is 86.1 Å². The highest BCUT2D eigenvalue weighted by molar-refractivity contribution is 7.15. The molecule has 3 nitrogen and oxygen atoms in total. The number of hydrogen-bond acceptors (Lipinski definition) is 3. The summed E-state index contributed by atoms with van der Waals surface area (Å²) >= 11 is 6.90. The molecule has 0 spiro atoms. The van der Waals surface area contributed by atoms with Crippen LogP contribution in [0.1, 0.15) is 17.0 Å². The Kier molecular flexibility index (Phi) is 3.69. The monoisotopic (exact) mass is 218 g/mol. The van der Waals surface area contributed by atoms with Gasteiger partial charge in [-0.1, -0.05) is 0 Å². The molecule has 0 aliphatic heterocycles. The molecule has 1 heterocycles. The highest BCUT2D eigenvalue weighted by Gasteiger charge is 2.06. The van der Waals surface area contributed by atoms with Crippen LogP contribution in [-0.4, -0.2) is 16.8 Å². The van der Waals surface area contributed by atoms with Gasteiger partial charge in [0.25, 0.3) is 0 Å². The first-order valence-corrected chi connectivity index (χ1v) is 5.28. The molecular weight excluding hydrogens is 208 g/mol. The molecular formula is C8H11ClN2OS. The molecule has 0 bridgehead atoms. The lowest BCUT2D eigenvalue weighted by Gasteiger charge is -1.96. The molecule has 0 aliphatic carbocycles. The molecule has 0 radical (unpaired) electrons. The number of hydrogen-bond donors (Lipinski definition) is 1. The molecule has 0 aliphatic rings. The molecule has 0 saturated heterocycles. The smallest absolute Gasteiger partial charge is 0.227 e. The highest BCUT2D eigenvalue weighted by atomic mass is 35.5. The fraction of sp³-hybridized carbons (Fsp3) is 0.500.